The molecule has 4 heterocycles. The minimum atomic E-state index is 0.338. The highest BCUT2D eigenvalue weighted by Crippen LogP contribution is 2.38. The number of hydrogen-bond acceptors (Lipinski definition) is 5. The van der Waals surface area contributed by atoms with Crippen LogP contribution in [0.15, 0.2) is 24.5 Å². The van der Waals surface area contributed by atoms with E-state index in [0.717, 1.165) is 30.0 Å². The number of fused-ring (bicyclic) bond motifs is 1. The normalized spacial score (nSPS) is 18.0. The topological polar surface area (TPSA) is 59.7 Å². The maximum Gasteiger partial charge on any atom is 0.180 e. The van der Waals surface area contributed by atoms with Gasteiger partial charge in [0, 0.05) is 37.2 Å². The summed E-state index contributed by atoms with van der Waals surface area (Å²) in [5.74, 6) is 0.975. The Morgan fingerprint density at radius 3 is 2.74 bits per heavy atom. The van der Waals surface area contributed by atoms with Crippen molar-refractivity contribution in [2.75, 3.05) is 11.4 Å². The van der Waals surface area contributed by atoms with Crippen molar-refractivity contribution in [3.05, 3.63) is 41.5 Å². The summed E-state index contributed by atoms with van der Waals surface area (Å²) in [6, 6.07) is 4.39. The fourth-order valence-electron chi connectivity index (χ4n) is 3.62. The second kappa shape index (κ2) is 5.30. The molecule has 0 radical (unpaired) electrons. The van der Waals surface area contributed by atoms with Gasteiger partial charge in [0.15, 0.2) is 5.65 Å². The van der Waals surface area contributed by atoms with Gasteiger partial charge >= 0.3 is 0 Å². The molecule has 0 saturated carbocycles. The molecule has 0 aromatic carbocycles. The van der Waals surface area contributed by atoms with Gasteiger partial charge in [0.05, 0.1) is 11.7 Å². The van der Waals surface area contributed by atoms with Gasteiger partial charge in [-0.15, -0.1) is 0 Å². The van der Waals surface area contributed by atoms with Crippen molar-refractivity contribution in [3.63, 3.8) is 0 Å². The van der Waals surface area contributed by atoms with Crippen LogP contribution in [0.4, 0.5) is 5.82 Å². The van der Waals surface area contributed by atoms with Crippen LogP contribution in [0.5, 0.6) is 0 Å². The lowest BCUT2D eigenvalue weighted by Gasteiger charge is -2.26. The van der Waals surface area contributed by atoms with Crippen LogP contribution in [0.1, 0.15) is 35.8 Å². The van der Waals surface area contributed by atoms with Crippen molar-refractivity contribution in [2.45, 2.75) is 32.7 Å². The lowest BCUT2D eigenvalue weighted by Crippen LogP contribution is -2.24. The first kappa shape index (κ1) is 14.1. The number of aromatic nitrogens is 5. The van der Waals surface area contributed by atoms with E-state index < -0.39 is 0 Å². The zero-order valence-corrected chi connectivity index (χ0v) is 13.7. The molecule has 6 heteroatoms. The number of aryl methyl sites for hydroxylation is 2. The number of hydrogen-bond donors (Lipinski definition) is 0. The molecular weight excluding hydrogens is 288 g/mol. The van der Waals surface area contributed by atoms with E-state index in [1.807, 2.05) is 17.8 Å². The molecule has 118 valence electrons. The maximum atomic E-state index is 4.72. The summed E-state index contributed by atoms with van der Waals surface area (Å²) in [6.45, 7) is 5.25. The third-order valence-corrected chi connectivity index (χ3v) is 4.76. The number of pyridine rings is 1. The van der Waals surface area contributed by atoms with E-state index in [9.17, 15) is 0 Å². The highest BCUT2D eigenvalue weighted by Gasteiger charge is 2.31. The van der Waals surface area contributed by atoms with Gasteiger partial charge in [0.1, 0.15) is 11.3 Å². The van der Waals surface area contributed by atoms with Crippen LogP contribution < -0.4 is 4.90 Å². The molecule has 3 aromatic heterocycles. The summed E-state index contributed by atoms with van der Waals surface area (Å²) in [6.07, 6.45) is 5.69. The van der Waals surface area contributed by atoms with E-state index in [1.165, 1.54) is 17.7 Å². The fourth-order valence-corrected chi connectivity index (χ4v) is 3.62. The zero-order valence-electron chi connectivity index (χ0n) is 13.7. The highest BCUT2D eigenvalue weighted by atomic mass is 15.3. The van der Waals surface area contributed by atoms with Crippen LogP contribution in [0.25, 0.3) is 11.2 Å². The van der Waals surface area contributed by atoms with E-state index in [-0.39, 0.29) is 0 Å². The van der Waals surface area contributed by atoms with Crippen molar-refractivity contribution < 1.29 is 0 Å². The molecule has 1 unspecified atom stereocenters. The molecule has 1 atom stereocenters. The van der Waals surface area contributed by atoms with Crippen LogP contribution in [-0.4, -0.2) is 31.3 Å². The third kappa shape index (κ3) is 2.25. The Bertz CT molecular complexity index is 869. The third-order valence-electron chi connectivity index (χ3n) is 4.76. The molecule has 1 saturated heterocycles. The smallest absolute Gasteiger partial charge is 0.180 e. The van der Waals surface area contributed by atoms with Crippen molar-refractivity contribution >= 4 is 17.0 Å². The molecule has 6 nitrogen and oxygen atoms in total. The van der Waals surface area contributed by atoms with Gasteiger partial charge in [-0.1, -0.05) is 0 Å². The van der Waals surface area contributed by atoms with E-state index in [2.05, 4.69) is 39.9 Å². The Morgan fingerprint density at radius 1 is 1.13 bits per heavy atom. The Kier molecular flexibility index (Phi) is 3.25. The first-order valence-electron chi connectivity index (χ1n) is 7.99. The van der Waals surface area contributed by atoms with Crippen molar-refractivity contribution in [1.82, 2.24) is 24.7 Å². The van der Waals surface area contributed by atoms with Crippen molar-refractivity contribution in [1.29, 1.82) is 0 Å². The second-order valence-corrected chi connectivity index (χ2v) is 6.13. The minimum absolute atomic E-state index is 0.338. The average molecular weight is 308 g/mol. The standard InChI is InChI=1S/C17H20N6/c1-11-16(12(2)22(3)21-11)14-5-4-10-23(14)15-7-6-13-17(20-15)19-9-8-18-13/h6-9,14H,4-5,10H2,1-3H3. The van der Waals surface area contributed by atoms with Crippen LogP contribution in [0.3, 0.4) is 0 Å². The molecule has 0 N–H and O–H groups in total. The van der Waals surface area contributed by atoms with Gasteiger partial charge in [-0.05, 0) is 38.8 Å². The average Bonchev–Trinajstić information content (AvgIpc) is 3.12. The van der Waals surface area contributed by atoms with Gasteiger partial charge in [0.25, 0.3) is 0 Å². The summed E-state index contributed by atoms with van der Waals surface area (Å²) in [5, 5.41) is 4.58. The minimum Gasteiger partial charge on any atom is -0.349 e. The predicted octanol–water partition coefficient (Wildman–Crippen LogP) is 2.72. The molecular formula is C17H20N6. The fraction of sp³-hybridized carbons (Fsp3) is 0.412. The number of rotatable bonds is 2. The van der Waals surface area contributed by atoms with Crippen LogP contribution in [0.2, 0.25) is 0 Å². The monoisotopic (exact) mass is 308 g/mol. The number of anilines is 1. The van der Waals surface area contributed by atoms with Gasteiger partial charge in [-0.25, -0.2) is 9.97 Å². The highest BCUT2D eigenvalue weighted by molar-refractivity contribution is 5.72. The first-order chi connectivity index (χ1) is 11.1. The summed E-state index contributed by atoms with van der Waals surface area (Å²) in [7, 11) is 2.01. The quantitative estimate of drug-likeness (QED) is 0.728. The molecule has 0 amide bonds. The zero-order chi connectivity index (χ0) is 16.0. The van der Waals surface area contributed by atoms with E-state index in [1.54, 1.807) is 12.4 Å². The van der Waals surface area contributed by atoms with E-state index in [4.69, 9.17) is 4.98 Å². The Morgan fingerprint density at radius 2 is 1.96 bits per heavy atom. The number of nitrogens with zero attached hydrogens (tertiary/aromatic N) is 6. The Balaban J connectivity index is 1.77. The summed E-state index contributed by atoms with van der Waals surface area (Å²) in [4.78, 5) is 15.7. The van der Waals surface area contributed by atoms with Crippen molar-refractivity contribution in [3.8, 4) is 0 Å². The second-order valence-electron chi connectivity index (χ2n) is 6.13. The molecule has 0 aliphatic carbocycles. The summed E-state index contributed by atoms with van der Waals surface area (Å²) < 4.78 is 1.97. The van der Waals surface area contributed by atoms with Crippen LogP contribution in [-0.2, 0) is 7.05 Å². The molecule has 0 spiro atoms. The molecule has 23 heavy (non-hydrogen) atoms. The lowest BCUT2D eigenvalue weighted by molar-refractivity contribution is 0.694. The molecule has 1 aliphatic rings. The molecule has 3 aromatic rings. The molecule has 1 aliphatic heterocycles. The molecule has 0 bridgehead atoms. The predicted molar refractivity (Wildman–Crippen MR) is 89.3 cm³/mol. The maximum absolute atomic E-state index is 4.72. The summed E-state index contributed by atoms with van der Waals surface area (Å²) in [5.41, 5.74) is 5.23. The molecule has 4 rings (SSSR count). The van der Waals surface area contributed by atoms with Gasteiger partial charge in [-0.2, -0.15) is 5.10 Å². The van der Waals surface area contributed by atoms with Crippen LogP contribution >= 0.6 is 0 Å². The SMILES string of the molecule is Cc1nn(C)c(C)c1C1CCCN1c1ccc2nccnc2n1. The van der Waals surface area contributed by atoms with Gasteiger partial charge < -0.3 is 4.90 Å². The van der Waals surface area contributed by atoms with Crippen molar-refractivity contribution in [2.24, 2.45) is 7.05 Å². The van der Waals surface area contributed by atoms with Crippen LogP contribution in [0, 0.1) is 13.8 Å². The Hall–Kier alpha value is -2.50. The van der Waals surface area contributed by atoms with Gasteiger partial charge in [-0.3, -0.25) is 9.67 Å². The first-order valence-corrected chi connectivity index (χ1v) is 7.99. The lowest BCUT2D eigenvalue weighted by atomic mass is 10.0. The van der Waals surface area contributed by atoms with Gasteiger partial charge in [0.2, 0.25) is 0 Å². The van der Waals surface area contributed by atoms with E-state index in [0.29, 0.717) is 11.7 Å². The molecule has 1 fully saturated rings. The largest absolute Gasteiger partial charge is 0.349 e. The Labute approximate surface area is 135 Å². The van der Waals surface area contributed by atoms with E-state index >= 15 is 0 Å². The summed E-state index contributed by atoms with van der Waals surface area (Å²) >= 11 is 0.